The quantitative estimate of drug-likeness (QED) is 0.106. The van der Waals surface area contributed by atoms with Crippen LogP contribution in [-0.4, -0.2) is 17.2 Å². The van der Waals surface area contributed by atoms with Crippen molar-refractivity contribution < 1.29 is 0 Å². The molecule has 0 spiro atoms. The number of pyridine rings is 1. The summed E-state index contributed by atoms with van der Waals surface area (Å²) in [5.74, 6) is 0.353. The third-order valence-electron chi connectivity index (χ3n) is 9.14. The third kappa shape index (κ3) is 4.95. The molecule has 0 aliphatic heterocycles. The van der Waals surface area contributed by atoms with Gasteiger partial charge >= 0.3 is 0 Å². The topological polar surface area (TPSA) is 25.2 Å². The molecular formula is C42H38N2. The highest BCUT2D eigenvalue weighted by Crippen LogP contribution is 2.46. The number of allylic oxidation sites excluding steroid dienone is 4. The molecule has 1 aromatic heterocycles. The van der Waals surface area contributed by atoms with E-state index in [0.717, 1.165) is 48.3 Å². The zero-order valence-electron chi connectivity index (χ0n) is 25.8. The molecule has 0 saturated heterocycles. The molecular weight excluding hydrogens is 532 g/mol. The van der Waals surface area contributed by atoms with Gasteiger partial charge in [-0.25, -0.2) is 0 Å². The van der Waals surface area contributed by atoms with Crippen LogP contribution in [0.15, 0.2) is 132 Å². The lowest BCUT2D eigenvalue weighted by atomic mass is 9.80. The Labute approximate surface area is 260 Å². The molecule has 44 heavy (non-hydrogen) atoms. The normalized spacial score (nSPS) is 15.3. The van der Waals surface area contributed by atoms with Crippen molar-refractivity contribution in [2.75, 3.05) is 6.54 Å². The number of hydrogen-bond acceptors (Lipinski definition) is 2. The van der Waals surface area contributed by atoms with Crippen LogP contribution in [0.5, 0.6) is 0 Å². The Morgan fingerprint density at radius 3 is 2.00 bits per heavy atom. The molecule has 6 aromatic rings. The van der Waals surface area contributed by atoms with Gasteiger partial charge in [0.25, 0.3) is 0 Å². The first-order valence-electron chi connectivity index (χ1n) is 15.9. The molecule has 1 atom stereocenters. The maximum absolute atomic E-state index is 4.93. The van der Waals surface area contributed by atoms with Crippen LogP contribution in [0.2, 0.25) is 0 Å². The smallest absolute Gasteiger partial charge is 0.0798 e. The number of rotatable bonds is 7. The molecule has 1 aliphatic rings. The molecule has 0 amide bonds. The van der Waals surface area contributed by atoms with Crippen molar-refractivity contribution in [1.29, 1.82) is 0 Å². The lowest BCUT2D eigenvalue weighted by Gasteiger charge is -2.23. The molecule has 0 fully saturated rings. The summed E-state index contributed by atoms with van der Waals surface area (Å²) in [6, 6.07) is 35.6. The van der Waals surface area contributed by atoms with Gasteiger partial charge < -0.3 is 0 Å². The van der Waals surface area contributed by atoms with Crippen LogP contribution in [0.3, 0.4) is 0 Å². The Kier molecular flexibility index (Phi) is 7.66. The van der Waals surface area contributed by atoms with E-state index < -0.39 is 0 Å². The van der Waals surface area contributed by atoms with Crippen LogP contribution in [0.4, 0.5) is 0 Å². The van der Waals surface area contributed by atoms with E-state index in [2.05, 4.69) is 130 Å². The SMILES string of the molecule is CCCC/N=C(\C)c1cccnc1-c1ccc(-c2c3ccccc3c(C3C=CC(C)=CC3)c3ccccc23)c2ccccc12. The summed E-state index contributed by atoms with van der Waals surface area (Å²) >= 11 is 0. The second-order valence-electron chi connectivity index (χ2n) is 12.0. The highest BCUT2D eigenvalue weighted by Gasteiger charge is 2.22. The zero-order chi connectivity index (χ0) is 30.0. The van der Waals surface area contributed by atoms with Gasteiger partial charge in [0.05, 0.1) is 5.69 Å². The van der Waals surface area contributed by atoms with Crippen molar-refractivity contribution in [3.05, 3.63) is 138 Å². The Morgan fingerprint density at radius 1 is 0.750 bits per heavy atom. The van der Waals surface area contributed by atoms with Crippen LogP contribution in [0, 0.1) is 0 Å². The lowest BCUT2D eigenvalue weighted by Crippen LogP contribution is -2.03. The van der Waals surface area contributed by atoms with Gasteiger partial charge in [-0.15, -0.1) is 0 Å². The van der Waals surface area contributed by atoms with E-state index in [9.17, 15) is 0 Å². The summed E-state index contributed by atoms with van der Waals surface area (Å²) in [5, 5.41) is 7.72. The maximum atomic E-state index is 4.93. The number of fused-ring (bicyclic) bond motifs is 3. The standard InChI is InChI=1S/C42H38N2/c1-4-5-26-43-29(3)31-19-12-27-44-42(31)39-25-24-38(32-13-6-7-14-33(32)39)41-36-17-10-8-15-34(36)40(30-22-20-28(2)21-23-30)35-16-9-11-18-37(35)41/h6-22,24-25,27,30H,4-5,23,26H2,1-3H3/b43-29+. The fourth-order valence-electron chi connectivity index (χ4n) is 6.92. The maximum Gasteiger partial charge on any atom is 0.0798 e. The summed E-state index contributed by atoms with van der Waals surface area (Å²) in [6.07, 6.45) is 12.2. The molecule has 7 rings (SSSR count). The van der Waals surface area contributed by atoms with Crippen LogP contribution in [0.1, 0.15) is 57.1 Å². The summed E-state index contributed by atoms with van der Waals surface area (Å²) < 4.78 is 0. The molecule has 5 aromatic carbocycles. The monoisotopic (exact) mass is 570 g/mol. The molecule has 0 N–H and O–H groups in total. The average molecular weight is 571 g/mol. The van der Waals surface area contributed by atoms with Crippen LogP contribution in [-0.2, 0) is 0 Å². The molecule has 1 heterocycles. The second kappa shape index (κ2) is 12.1. The minimum absolute atomic E-state index is 0.353. The molecule has 0 saturated carbocycles. The molecule has 2 heteroatoms. The first-order chi connectivity index (χ1) is 21.7. The van der Waals surface area contributed by atoms with Gasteiger partial charge in [0.2, 0.25) is 0 Å². The predicted molar refractivity (Wildman–Crippen MR) is 190 cm³/mol. The van der Waals surface area contributed by atoms with Gasteiger partial charge in [0.15, 0.2) is 0 Å². The van der Waals surface area contributed by atoms with Gasteiger partial charge in [-0.1, -0.05) is 122 Å². The first kappa shape index (κ1) is 28.0. The molecule has 216 valence electrons. The van der Waals surface area contributed by atoms with Crippen molar-refractivity contribution in [3.63, 3.8) is 0 Å². The number of unbranched alkanes of at least 4 members (excludes halogenated alkanes) is 1. The van der Waals surface area contributed by atoms with Gasteiger partial charge in [0, 0.05) is 35.5 Å². The van der Waals surface area contributed by atoms with E-state index >= 15 is 0 Å². The lowest BCUT2D eigenvalue weighted by molar-refractivity contribution is 0.808. The van der Waals surface area contributed by atoms with Crippen LogP contribution >= 0.6 is 0 Å². The van der Waals surface area contributed by atoms with E-state index in [4.69, 9.17) is 9.98 Å². The molecule has 1 aliphatic carbocycles. The second-order valence-corrected chi connectivity index (χ2v) is 12.0. The van der Waals surface area contributed by atoms with Crippen LogP contribution in [0.25, 0.3) is 54.7 Å². The summed E-state index contributed by atoms with van der Waals surface area (Å²) in [5.41, 5.74) is 9.61. The number of aliphatic imine (C=N–C) groups is 1. The number of hydrogen-bond donors (Lipinski definition) is 0. The summed E-state index contributed by atoms with van der Waals surface area (Å²) in [6.45, 7) is 7.36. The third-order valence-corrected chi connectivity index (χ3v) is 9.14. The number of aromatic nitrogens is 1. The van der Waals surface area contributed by atoms with Crippen molar-refractivity contribution in [2.45, 2.75) is 46.0 Å². The molecule has 0 radical (unpaired) electrons. The van der Waals surface area contributed by atoms with Crippen molar-refractivity contribution in [3.8, 4) is 22.4 Å². The van der Waals surface area contributed by atoms with E-state index in [-0.39, 0.29) is 0 Å². The van der Waals surface area contributed by atoms with E-state index in [1.807, 2.05) is 12.3 Å². The number of nitrogens with zero attached hydrogens (tertiary/aromatic N) is 2. The van der Waals surface area contributed by atoms with Gasteiger partial charge in [-0.2, -0.15) is 0 Å². The fourth-order valence-corrected chi connectivity index (χ4v) is 6.92. The minimum atomic E-state index is 0.353. The van der Waals surface area contributed by atoms with Crippen LogP contribution < -0.4 is 0 Å². The Bertz CT molecular complexity index is 2050. The Hall–Kier alpha value is -4.82. The predicted octanol–water partition coefficient (Wildman–Crippen LogP) is 11.5. The van der Waals surface area contributed by atoms with Gasteiger partial charge in [-0.3, -0.25) is 9.98 Å². The summed E-state index contributed by atoms with van der Waals surface area (Å²) in [4.78, 5) is 9.83. The zero-order valence-corrected chi connectivity index (χ0v) is 25.8. The number of benzene rings is 5. The summed E-state index contributed by atoms with van der Waals surface area (Å²) in [7, 11) is 0. The fraction of sp³-hybridized carbons (Fsp3) is 0.190. The van der Waals surface area contributed by atoms with E-state index in [1.54, 1.807) is 0 Å². The molecule has 2 nitrogen and oxygen atoms in total. The van der Waals surface area contributed by atoms with Crippen molar-refractivity contribution in [1.82, 2.24) is 4.98 Å². The van der Waals surface area contributed by atoms with Crippen molar-refractivity contribution >= 4 is 38.0 Å². The van der Waals surface area contributed by atoms with E-state index in [0.29, 0.717) is 5.92 Å². The largest absolute Gasteiger partial charge is 0.289 e. The van der Waals surface area contributed by atoms with E-state index in [1.165, 1.54) is 54.6 Å². The average Bonchev–Trinajstić information content (AvgIpc) is 3.07. The Balaban J connectivity index is 1.48. The van der Waals surface area contributed by atoms with Crippen molar-refractivity contribution in [2.24, 2.45) is 4.99 Å². The highest BCUT2D eigenvalue weighted by molar-refractivity contribution is 6.20. The first-order valence-corrected chi connectivity index (χ1v) is 15.9. The Morgan fingerprint density at radius 2 is 1.36 bits per heavy atom. The van der Waals surface area contributed by atoms with Gasteiger partial charge in [0.1, 0.15) is 0 Å². The molecule has 0 bridgehead atoms. The molecule has 1 unspecified atom stereocenters. The minimum Gasteiger partial charge on any atom is -0.289 e. The van der Waals surface area contributed by atoms with Gasteiger partial charge in [-0.05, 0) is 87.8 Å². The highest BCUT2D eigenvalue weighted by atomic mass is 14.7.